The third-order valence-electron chi connectivity index (χ3n) is 5.22. The molecule has 1 amide bonds. The summed E-state index contributed by atoms with van der Waals surface area (Å²) >= 11 is 0. The largest absolute Gasteiger partial charge is 0.323 e. The van der Waals surface area contributed by atoms with Gasteiger partial charge in [-0.25, -0.2) is 13.2 Å². The van der Waals surface area contributed by atoms with Crippen molar-refractivity contribution in [2.75, 3.05) is 16.2 Å². The first kappa shape index (κ1) is 17.1. The van der Waals surface area contributed by atoms with Crippen LogP contribution >= 0.6 is 0 Å². The van der Waals surface area contributed by atoms with Crippen LogP contribution in [0.5, 0.6) is 0 Å². The van der Waals surface area contributed by atoms with Gasteiger partial charge in [-0.1, -0.05) is 6.07 Å². The van der Waals surface area contributed by atoms with Crippen molar-refractivity contribution in [1.29, 1.82) is 0 Å². The smallest absolute Gasteiger partial charge is 0.312 e. The van der Waals surface area contributed by atoms with Gasteiger partial charge in [-0.2, -0.15) is 0 Å². The van der Waals surface area contributed by atoms with Gasteiger partial charge < -0.3 is 14.9 Å². The number of amides is 1. The fraction of sp³-hybridized carbons (Fsp3) is 0.263. The van der Waals surface area contributed by atoms with Gasteiger partial charge in [-0.05, 0) is 55.2 Å². The maximum absolute atomic E-state index is 12.8. The maximum atomic E-state index is 12.8. The molecule has 0 bridgehead atoms. The first-order valence-electron chi connectivity index (χ1n) is 9.10. The van der Waals surface area contributed by atoms with E-state index in [1.165, 1.54) is 12.1 Å². The number of hydrogen-bond acceptors (Lipinski definition) is 4. The van der Waals surface area contributed by atoms with Crippen molar-refractivity contribution < 1.29 is 13.2 Å². The lowest BCUT2D eigenvalue weighted by Crippen LogP contribution is -2.30. The Morgan fingerprint density at radius 1 is 1.07 bits per heavy atom. The van der Waals surface area contributed by atoms with Crippen molar-refractivity contribution in [2.24, 2.45) is 5.92 Å². The minimum absolute atomic E-state index is 0.0432. The second kappa shape index (κ2) is 5.96. The van der Waals surface area contributed by atoms with E-state index in [9.17, 15) is 18.0 Å². The van der Waals surface area contributed by atoms with Crippen molar-refractivity contribution in [1.82, 2.24) is 9.97 Å². The van der Waals surface area contributed by atoms with Crippen molar-refractivity contribution in [3.05, 3.63) is 52.4 Å². The zero-order valence-electron chi connectivity index (χ0n) is 14.9. The van der Waals surface area contributed by atoms with Crippen LogP contribution in [0.2, 0.25) is 0 Å². The monoisotopic (exact) mass is 398 g/mol. The molecule has 28 heavy (non-hydrogen) atoms. The van der Waals surface area contributed by atoms with E-state index in [1.54, 1.807) is 23.1 Å². The standard InChI is InChI=1S/C19H18N4O4S/c24-18(12-1-2-12)23-8-7-11-3-4-13(9-17(11)23)22-28(26,27)14-5-6-15-16(10-14)21-19(25)20-15/h3-6,9-10,12,22H,1-2,7-8H2,(H2,20,21,25). The van der Waals surface area contributed by atoms with Crippen LogP contribution in [0.15, 0.2) is 46.1 Å². The van der Waals surface area contributed by atoms with Crippen LogP contribution in [0.4, 0.5) is 11.4 Å². The Bertz CT molecular complexity index is 1270. The summed E-state index contributed by atoms with van der Waals surface area (Å²) in [4.78, 5) is 30.8. The van der Waals surface area contributed by atoms with Crippen LogP contribution in [-0.4, -0.2) is 30.8 Å². The Balaban J connectivity index is 1.45. The van der Waals surface area contributed by atoms with E-state index in [0.717, 1.165) is 30.5 Å². The Morgan fingerprint density at radius 2 is 1.86 bits per heavy atom. The number of fused-ring (bicyclic) bond motifs is 2. The van der Waals surface area contributed by atoms with Gasteiger partial charge >= 0.3 is 5.69 Å². The summed E-state index contributed by atoms with van der Waals surface area (Å²) in [5, 5.41) is 0. The number of rotatable bonds is 4. The number of carbonyl (C=O) groups excluding carboxylic acids is 1. The number of H-pyrrole nitrogens is 2. The molecule has 0 unspecified atom stereocenters. The lowest BCUT2D eigenvalue weighted by atomic mass is 10.1. The molecule has 3 N–H and O–H groups in total. The highest BCUT2D eigenvalue weighted by Crippen LogP contribution is 2.37. The quantitative estimate of drug-likeness (QED) is 0.623. The Hall–Kier alpha value is -3.07. The number of anilines is 2. The molecule has 1 aromatic heterocycles. The summed E-state index contributed by atoms with van der Waals surface area (Å²) < 4.78 is 28.2. The molecular weight excluding hydrogens is 380 g/mol. The predicted octanol–water partition coefficient (Wildman–Crippen LogP) is 1.96. The van der Waals surface area contributed by atoms with Crippen molar-refractivity contribution in [3.63, 3.8) is 0 Å². The Kier molecular flexibility index (Phi) is 3.63. The maximum Gasteiger partial charge on any atom is 0.323 e. The van der Waals surface area contributed by atoms with Gasteiger partial charge in [0.15, 0.2) is 0 Å². The first-order chi connectivity index (χ1) is 13.4. The molecule has 2 aromatic carbocycles. The number of nitrogens with zero attached hydrogens (tertiary/aromatic N) is 1. The van der Waals surface area contributed by atoms with Gasteiger partial charge in [-0.15, -0.1) is 0 Å². The molecule has 2 aliphatic rings. The summed E-state index contributed by atoms with van der Waals surface area (Å²) in [6, 6.07) is 9.67. The lowest BCUT2D eigenvalue weighted by Gasteiger charge is -2.18. The van der Waals surface area contributed by atoms with E-state index in [-0.39, 0.29) is 16.7 Å². The van der Waals surface area contributed by atoms with Gasteiger partial charge in [0.2, 0.25) is 5.91 Å². The van der Waals surface area contributed by atoms with Gasteiger partial charge in [-0.3, -0.25) is 9.52 Å². The average Bonchev–Trinajstić information content (AvgIpc) is 3.31. The van der Waals surface area contributed by atoms with E-state index in [2.05, 4.69) is 14.7 Å². The highest BCUT2D eigenvalue weighted by atomic mass is 32.2. The Morgan fingerprint density at radius 3 is 2.64 bits per heavy atom. The van der Waals surface area contributed by atoms with Gasteiger partial charge in [0.25, 0.3) is 10.0 Å². The second-order valence-electron chi connectivity index (χ2n) is 7.25. The number of imidazole rings is 1. The van der Waals surface area contributed by atoms with Crippen LogP contribution in [-0.2, 0) is 21.2 Å². The van der Waals surface area contributed by atoms with Crippen LogP contribution in [0.3, 0.4) is 0 Å². The minimum Gasteiger partial charge on any atom is -0.312 e. The van der Waals surface area contributed by atoms with Gasteiger partial charge in [0, 0.05) is 18.2 Å². The zero-order chi connectivity index (χ0) is 19.5. The van der Waals surface area contributed by atoms with Crippen LogP contribution in [0.25, 0.3) is 11.0 Å². The number of benzene rings is 2. The van der Waals surface area contributed by atoms with Crippen LogP contribution in [0, 0.1) is 5.92 Å². The zero-order valence-corrected chi connectivity index (χ0v) is 15.7. The number of nitrogens with one attached hydrogen (secondary N) is 3. The Labute approximate surface area is 160 Å². The fourth-order valence-corrected chi connectivity index (χ4v) is 4.69. The molecule has 8 nitrogen and oxygen atoms in total. The van der Waals surface area contributed by atoms with Crippen LogP contribution < -0.4 is 15.3 Å². The third kappa shape index (κ3) is 2.88. The van der Waals surface area contributed by atoms with E-state index < -0.39 is 15.7 Å². The van der Waals surface area contributed by atoms with Crippen molar-refractivity contribution in [3.8, 4) is 0 Å². The summed E-state index contributed by atoms with van der Waals surface area (Å²) in [6.45, 7) is 0.637. The molecule has 0 radical (unpaired) electrons. The van der Waals surface area contributed by atoms with Crippen molar-refractivity contribution >= 4 is 38.3 Å². The molecular formula is C19H18N4O4S. The van der Waals surface area contributed by atoms with Crippen molar-refractivity contribution in [2.45, 2.75) is 24.2 Å². The van der Waals surface area contributed by atoms with E-state index >= 15 is 0 Å². The molecule has 2 heterocycles. The molecule has 3 aromatic rings. The van der Waals surface area contributed by atoms with E-state index in [1.807, 2.05) is 6.07 Å². The molecule has 1 saturated carbocycles. The highest BCUT2D eigenvalue weighted by Gasteiger charge is 2.36. The predicted molar refractivity (Wildman–Crippen MR) is 105 cm³/mol. The number of carbonyl (C=O) groups is 1. The summed E-state index contributed by atoms with van der Waals surface area (Å²) in [5.41, 5.74) is 2.79. The second-order valence-corrected chi connectivity index (χ2v) is 8.93. The molecule has 0 atom stereocenters. The normalized spacial score (nSPS) is 16.4. The molecule has 5 rings (SSSR count). The number of hydrogen-bond donors (Lipinski definition) is 3. The SMILES string of the molecule is O=C(C1CC1)N1CCc2ccc(NS(=O)(=O)c3ccc4[nH]c(=O)[nH]c4c3)cc21. The molecule has 1 aliphatic heterocycles. The van der Waals surface area contributed by atoms with Gasteiger partial charge in [0.05, 0.1) is 21.6 Å². The molecule has 144 valence electrons. The number of sulfonamides is 1. The summed E-state index contributed by atoms with van der Waals surface area (Å²) in [5.74, 6) is 0.238. The van der Waals surface area contributed by atoms with Crippen LogP contribution in [0.1, 0.15) is 18.4 Å². The topological polar surface area (TPSA) is 115 Å². The van der Waals surface area contributed by atoms with E-state index in [0.29, 0.717) is 23.3 Å². The van der Waals surface area contributed by atoms with E-state index in [4.69, 9.17) is 0 Å². The third-order valence-corrected chi connectivity index (χ3v) is 6.60. The molecule has 1 fully saturated rings. The average molecular weight is 398 g/mol. The summed E-state index contributed by atoms with van der Waals surface area (Å²) in [6.07, 6.45) is 2.64. The number of aromatic nitrogens is 2. The first-order valence-corrected chi connectivity index (χ1v) is 10.6. The molecule has 0 saturated heterocycles. The molecule has 9 heteroatoms. The fourth-order valence-electron chi connectivity index (χ4n) is 3.62. The summed E-state index contributed by atoms with van der Waals surface area (Å²) in [7, 11) is -3.84. The number of aromatic amines is 2. The minimum atomic E-state index is -3.84. The molecule has 0 spiro atoms. The molecule has 1 aliphatic carbocycles. The highest BCUT2D eigenvalue weighted by molar-refractivity contribution is 7.92. The lowest BCUT2D eigenvalue weighted by molar-refractivity contribution is -0.119. The van der Waals surface area contributed by atoms with Gasteiger partial charge in [0.1, 0.15) is 0 Å².